The number of carbonyl (C=O) groups excluding carboxylic acids is 2. The summed E-state index contributed by atoms with van der Waals surface area (Å²) in [7, 11) is -2.55. The Morgan fingerprint density at radius 1 is 1.06 bits per heavy atom. The molecule has 1 saturated carbocycles. The Hall–Kier alpha value is -2.84. The third-order valence-electron chi connectivity index (χ3n) is 6.69. The molecule has 3 aliphatic rings. The summed E-state index contributed by atoms with van der Waals surface area (Å²) in [5, 5.41) is -0.00775. The van der Waals surface area contributed by atoms with Crippen molar-refractivity contribution >= 4 is 44.8 Å². The quantitative estimate of drug-likeness (QED) is 0.527. The van der Waals surface area contributed by atoms with E-state index >= 15 is 0 Å². The average molecular weight is 473 g/mol. The summed E-state index contributed by atoms with van der Waals surface area (Å²) in [4.78, 5) is 27.3. The van der Waals surface area contributed by atoms with Gasteiger partial charge in [-0.2, -0.15) is 0 Å². The molecule has 7 nitrogen and oxygen atoms in total. The molecule has 0 radical (unpaired) electrons. The highest BCUT2D eigenvalue weighted by Gasteiger charge is 2.61. The third-order valence-corrected chi connectivity index (χ3v) is 8.55. The van der Waals surface area contributed by atoms with Crippen LogP contribution in [0, 0.1) is 23.7 Å². The maximum atomic E-state index is 13.2. The van der Waals surface area contributed by atoms with Crippen molar-refractivity contribution in [3.63, 3.8) is 0 Å². The number of rotatable bonds is 5. The van der Waals surface area contributed by atoms with E-state index in [-0.39, 0.29) is 51.1 Å². The Bertz CT molecular complexity index is 1270. The number of carbonyl (C=O) groups is 2. The van der Waals surface area contributed by atoms with Crippen LogP contribution in [0.15, 0.2) is 59.0 Å². The van der Waals surface area contributed by atoms with Gasteiger partial charge in [0.15, 0.2) is 0 Å². The molecule has 32 heavy (non-hydrogen) atoms. The van der Waals surface area contributed by atoms with Gasteiger partial charge < -0.3 is 4.74 Å². The van der Waals surface area contributed by atoms with Crippen LogP contribution in [0.25, 0.3) is 0 Å². The molecule has 2 amide bonds. The maximum absolute atomic E-state index is 13.2. The van der Waals surface area contributed by atoms with Crippen molar-refractivity contribution < 1.29 is 22.7 Å². The molecule has 1 aliphatic heterocycles. The van der Waals surface area contributed by atoms with Gasteiger partial charge in [0.2, 0.25) is 11.8 Å². The van der Waals surface area contributed by atoms with Gasteiger partial charge in [0.25, 0.3) is 10.0 Å². The molecule has 2 bridgehead atoms. The lowest BCUT2D eigenvalue weighted by atomic mass is 9.82. The lowest BCUT2D eigenvalue weighted by molar-refractivity contribution is -0.123. The number of hydrogen-bond donors (Lipinski definition) is 1. The van der Waals surface area contributed by atoms with Crippen molar-refractivity contribution in [2.24, 2.45) is 23.7 Å². The van der Waals surface area contributed by atoms with Gasteiger partial charge in [-0.1, -0.05) is 23.3 Å². The maximum Gasteiger partial charge on any atom is 0.263 e. The fourth-order valence-corrected chi connectivity index (χ4v) is 6.81. The first-order valence-electron chi connectivity index (χ1n) is 10.2. The fraction of sp³-hybridized carbons (Fsp3) is 0.304. The molecule has 2 fully saturated rings. The van der Waals surface area contributed by atoms with Gasteiger partial charge in [0.1, 0.15) is 10.6 Å². The van der Waals surface area contributed by atoms with Gasteiger partial charge in [0, 0.05) is 5.69 Å². The first-order chi connectivity index (χ1) is 15.2. The molecule has 9 heteroatoms. The summed E-state index contributed by atoms with van der Waals surface area (Å²) in [6, 6.07) is 10.6. The largest absolute Gasteiger partial charge is 0.497 e. The summed E-state index contributed by atoms with van der Waals surface area (Å²) in [6.45, 7) is 2.00. The van der Waals surface area contributed by atoms with Crippen molar-refractivity contribution in [3.8, 4) is 5.75 Å². The minimum absolute atomic E-state index is 0.00775. The van der Waals surface area contributed by atoms with Crippen LogP contribution in [-0.4, -0.2) is 27.3 Å². The molecule has 0 aromatic heterocycles. The van der Waals surface area contributed by atoms with E-state index in [9.17, 15) is 18.0 Å². The Labute approximate surface area is 191 Å². The Kier molecular flexibility index (Phi) is 4.83. The van der Waals surface area contributed by atoms with Crippen molar-refractivity contribution in [1.82, 2.24) is 0 Å². The molecule has 1 saturated heterocycles. The van der Waals surface area contributed by atoms with Gasteiger partial charge >= 0.3 is 0 Å². The van der Waals surface area contributed by atoms with Crippen molar-refractivity contribution in [1.29, 1.82) is 0 Å². The molecule has 166 valence electrons. The fourth-order valence-electron chi connectivity index (χ4n) is 5.24. The molecule has 0 spiro atoms. The number of fused-ring (bicyclic) bond motifs is 5. The molecular formula is C23H21ClN2O5S. The Balaban J connectivity index is 1.47. The zero-order chi connectivity index (χ0) is 22.8. The van der Waals surface area contributed by atoms with Crippen molar-refractivity contribution in [2.75, 3.05) is 16.7 Å². The number of halogens is 1. The SMILES string of the molecule is COc1ccc(NS(=O)(=O)c2cc(N3C(=O)[C@@H]4[C@H](C3=O)[C@H]3C=C(C)[C@H]4C3)ccc2Cl)cc1. The number of nitrogens with one attached hydrogen (secondary N) is 1. The van der Waals surface area contributed by atoms with Gasteiger partial charge in [-0.25, -0.2) is 13.3 Å². The number of anilines is 2. The zero-order valence-corrected chi connectivity index (χ0v) is 19.0. The van der Waals surface area contributed by atoms with Gasteiger partial charge in [0.05, 0.1) is 29.7 Å². The van der Waals surface area contributed by atoms with Crippen LogP contribution in [0.1, 0.15) is 13.3 Å². The molecule has 2 aliphatic carbocycles. The van der Waals surface area contributed by atoms with Gasteiger partial charge in [-0.05, 0) is 67.6 Å². The number of imide groups is 1. The number of allylic oxidation sites excluding steroid dienone is 2. The van der Waals surface area contributed by atoms with Crippen LogP contribution in [0.2, 0.25) is 5.02 Å². The molecule has 2 aromatic carbocycles. The second-order valence-corrected chi connectivity index (χ2v) is 10.5. The summed E-state index contributed by atoms with van der Waals surface area (Å²) in [6.07, 6.45) is 2.93. The predicted molar refractivity (Wildman–Crippen MR) is 120 cm³/mol. The molecule has 5 rings (SSSR count). The predicted octanol–water partition coefficient (Wildman–Crippen LogP) is 3.85. The highest BCUT2D eigenvalue weighted by molar-refractivity contribution is 7.92. The second-order valence-electron chi connectivity index (χ2n) is 8.43. The minimum Gasteiger partial charge on any atom is -0.497 e. The van der Waals surface area contributed by atoms with E-state index in [0.29, 0.717) is 11.4 Å². The van der Waals surface area contributed by atoms with E-state index in [1.807, 2.05) is 6.92 Å². The summed E-state index contributed by atoms with van der Waals surface area (Å²) in [5.74, 6) is -0.547. The standard InChI is InChI=1S/C23H21ClN2O5S/c1-12-9-13-10-17(12)21-20(13)22(27)26(23(21)28)15-5-8-18(24)19(11-15)32(29,30)25-14-3-6-16(31-2)7-4-14/h3-9,11,13,17,20-21,25H,10H2,1-2H3/t13-,17+,20+,21-/m0/s1. The van der Waals surface area contributed by atoms with Crippen molar-refractivity contribution in [3.05, 3.63) is 59.1 Å². The Morgan fingerprint density at radius 3 is 2.44 bits per heavy atom. The van der Waals surface area contributed by atoms with E-state index in [0.717, 1.165) is 16.9 Å². The van der Waals surface area contributed by atoms with E-state index in [4.69, 9.17) is 16.3 Å². The highest BCUT2D eigenvalue weighted by atomic mass is 35.5. The monoisotopic (exact) mass is 472 g/mol. The molecular weight excluding hydrogens is 452 g/mol. The van der Waals surface area contributed by atoms with Crippen LogP contribution in [-0.2, 0) is 19.6 Å². The van der Waals surface area contributed by atoms with Crippen LogP contribution in [0.5, 0.6) is 5.75 Å². The van der Waals surface area contributed by atoms with E-state index in [1.54, 1.807) is 24.3 Å². The topological polar surface area (TPSA) is 92.8 Å². The molecule has 0 unspecified atom stereocenters. The van der Waals surface area contributed by atoms with Crippen LogP contribution < -0.4 is 14.4 Å². The number of methoxy groups -OCH3 is 1. The normalized spacial score (nSPS) is 26.3. The zero-order valence-electron chi connectivity index (χ0n) is 17.4. The number of amides is 2. The Morgan fingerprint density at radius 2 is 1.75 bits per heavy atom. The highest BCUT2D eigenvalue weighted by Crippen LogP contribution is 2.56. The number of ether oxygens (including phenoxy) is 1. The molecule has 4 atom stereocenters. The first kappa shape index (κ1) is 21.0. The van der Waals surface area contributed by atoms with Gasteiger partial charge in [-0.15, -0.1) is 0 Å². The van der Waals surface area contributed by atoms with E-state index in [1.165, 1.54) is 25.3 Å². The first-order valence-corrected chi connectivity index (χ1v) is 12.1. The number of sulfonamides is 1. The lowest BCUT2D eigenvalue weighted by Gasteiger charge is -2.19. The van der Waals surface area contributed by atoms with Gasteiger partial charge in [-0.3, -0.25) is 14.3 Å². The molecule has 1 N–H and O–H groups in total. The van der Waals surface area contributed by atoms with Crippen LogP contribution >= 0.6 is 11.6 Å². The van der Waals surface area contributed by atoms with Crippen LogP contribution in [0.3, 0.4) is 0 Å². The third kappa shape index (κ3) is 3.12. The number of nitrogens with zero attached hydrogens (tertiary/aromatic N) is 1. The average Bonchev–Trinajstić information content (AvgIpc) is 3.39. The van der Waals surface area contributed by atoms with E-state index < -0.39 is 10.0 Å². The smallest absolute Gasteiger partial charge is 0.263 e. The number of benzene rings is 2. The minimum atomic E-state index is -4.07. The lowest BCUT2D eigenvalue weighted by Crippen LogP contribution is -2.33. The second kappa shape index (κ2) is 7.35. The van der Waals surface area contributed by atoms with E-state index in [2.05, 4.69) is 10.8 Å². The van der Waals surface area contributed by atoms with Crippen LogP contribution in [0.4, 0.5) is 11.4 Å². The number of hydrogen-bond acceptors (Lipinski definition) is 5. The van der Waals surface area contributed by atoms with Crippen molar-refractivity contribution in [2.45, 2.75) is 18.2 Å². The summed E-state index contributed by atoms with van der Waals surface area (Å²) < 4.78 is 33.6. The summed E-state index contributed by atoms with van der Waals surface area (Å²) in [5.41, 5.74) is 1.70. The summed E-state index contributed by atoms with van der Waals surface area (Å²) >= 11 is 6.21. The molecule has 1 heterocycles. The molecule has 2 aromatic rings.